The molecule has 1 aliphatic carbocycles. The van der Waals surface area contributed by atoms with Crippen LogP contribution in [0, 0.1) is 6.92 Å². The summed E-state index contributed by atoms with van der Waals surface area (Å²) in [6, 6.07) is 13.4. The summed E-state index contributed by atoms with van der Waals surface area (Å²) in [4.78, 5) is 1.35. The molecule has 0 aliphatic heterocycles. The molecule has 3 heteroatoms. The smallest absolute Gasteiger partial charge is 0.0564 e. The molecule has 0 radical (unpaired) electrons. The summed E-state index contributed by atoms with van der Waals surface area (Å²) in [6.45, 7) is 2.16. The molecular formula is C18H24N2S. The van der Waals surface area contributed by atoms with Crippen LogP contribution < -0.4 is 11.3 Å². The zero-order valence-corrected chi connectivity index (χ0v) is 13.5. The average Bonchev–Trinajstić information content (AvgIpc) is 2.96. The molecule has 1 heterocycles. The fourth-order valence-corrected chi connectivity index (χ4v) is 4.62. The van der Waals surface area contributed by atoms with Crippen LogP contribution in [-0.2, 0) is 5.41 Å². The number of benzene rings is 1. The number of hydrogen-bond donors (Lipinski definition) is 2. The predicted octanol–water partition coefficient (Wildman–Crippen LogP) is 4.46. The third-order valence-electron chi connectivity index (χ3n) is 4.90. The van der Waals surface area contributed by atoms with Gasteiger partial charge in [0, 0.05) is 10.3 Å². The highest BCUT2D eigenvalue weighted by molar-refractivity contribution is 7.10. The first-order valence-corrected chi connectivity index (χ1v) is 8.71. The Hall–Kier alpha value is -1.16. The summed E-state index contributed by atoms with van der Waals surface area (Å²) in [7, 11) is 0. The Morgan fingerprint density at radius 3 is 2.43 bits per heavy atom. The van der Waals surface area contributed by atoms with E-state index in [1.165, 1.54) is 48.1 Å². The second-order valence-corrected chi connectivity index (χ2v) is 7.29. The molecule has 3 N–H and O–H groups in total. The first-order valence-electron chi connectivity index (χ1n) is 7.83. The zero-order chi connectivity index (χ0) is 14.7. The van der Waals surface area contributed by atoms with E-state index in [4.69, 9.17) is 5.84 Å². The second kappa shape index (κ2) is 6.30. The van der Waals surface area contributed by atoms with Crippen molar-refractivity contribution in [3.8, 4) is 0 Å². The number of hydrogen-bond acceptors (Lipinski definition) is 3. The Kier molecular flexibility index (Phi) is 4.43. The maximum atomic E-state index is 6.02. The van der Waals surface area contributed by atoms with Crippen LogP contribution in [0.25, 0.3) is 0 Å². The number of nitrogens with one attached hydrogen (secondary N) is 1. The van der Waals surface area contributed by atoms with Crippen molar-refractivity contribution >= 4 is 11.3 Å². The van der Waals surface area contributed by atoms with Crippen LogP contribution in [0.1, 0.15) is 54.1 Å². The van der Waals surface area contributed by atoms with Crippen LogP contribution in [-0.4, -0.2) is 0 Å². The van der Waals surface area contributed by atoms with Crippen molar-refractivity contribution in [2.24, 2.45) is 5.84 Å². The maximum absolute atomic E-state index is 6.02. The van der Waals surface area contributed by atoms with E-state index in [1.54, 1.807) is 0 Å². The molecule has 0 amide bonds. The van der Waals surface area contributed by atoms with Gasteiger partial charge in [0.1, 0.15) is 0 Å². The van der Waals surface area contributed by atoms with Crippen LogP contribution in [0.4, 0.5) is 0 Å². The van der Waals surface area contributed by atoms with Crippen molar-refractivity contribution < 1.29 is 0 Å². The van der Waals surface area contributed by atoms with Gasteiger partial charge in [-0.05, 0) is 42.3 Å². The first-order chi connectivity index (χ1) is 10.3. The van der Waals surface area contributed by atoms with Crippen LogP contribution in [0.5, 0.6) is 0 Å². The molecule has 112 valence electrons. The van der Waals surface area contributed by atoms with Gasteiger partial charge in [0.2, 0.25) is 0 Å². The van der Waals surface area contributed by atoms with Crippen molar-refractivity contribution in [3.05, 3.63) is 57.8 Å². The number of rotatable bonds is 4. The van der Waals surface area contributed by atoms with Crippen molar-refractivity contribution in [1.82, 2.24) is 5.43 Å². The standard InChI is InChI=1S/C18H24N2S/c1-14-12-15(13-21-14)17(20-19)18(10-6-3-7-11-18)16-8-4-2-5-9-16/h2,4-5,8-9,12-13,17,20H,3,6-7,10-11,19H2,1H3. The van der Waals surface area contributed by atoms with Gasteiger partial charge in [-0.1, -0.05) is 49.6 Å². The van der Waals surface area contributed by atoms with Crippen molar-refractivity contribution in [1.29, 1.82) is 0 Å². The molecular weight excluding hydrogens is 276 g/mol. The molecule has 3 rings (SSSR count). The third kappa shape index (κ3) is 2.78. The quantitative estimate of drug-likeness (QED) is 0.646. The maximum Gasteiger partial charge on any atom is 0.0564 e. The van der Waals surface area contributed by atoms with Gasteiger partial charge >= 0.3 is 0 Å². The summed E-state index contributed by atoms with van der Waals surface area (Å²) >= 11 is 1.81. The van der Waals surface area contributed by atoms with Crippen LogP contribution >= 0.6 is 11.3 Å². The lowest BCUT2D eigenvalue weighted by Crippen LogP contribution is -2.45. The van der Waals surface area contributed by atoms with E-state index in [9.17, 15) is 0 Å². The summed E-state index contributed by atoms with van der Waals surface area (Å²) in [5.41, 5.74) is 6.04. The fraction of sp³-hybridized carbons (Fsp3) is 0.444. The topological polar surface area (TPSA) is 38.0 Å². The molecule has 0 spiro atoms. The summed E-state index contributed by atoms with van der Waals surface area (Å²) in [5, 5.41) is 2.26. The van der Waals surface area contributed by atoms with Gasteiger partial charge in [0.05, 0.1) is 6.04 Å². The summed E-state index contributed by atoms with van der Waals surface area (Å²) in [5.74, 6) is 6.02. The van der Waals surface area contributed by atoms with Gasteiger partial charge in [0.15, 0.2) is 0 Å². The molecule has 1 saturated carbocycles. The lowest BCUT2D eigenvalue weighted by Gasteiger charge is -2.44. The molecule has 1 fully saturated rings. The molecule has 1 aliphatic rings. The molecule has 2 aromatic rings. The van der Waals surface area contributed by atoms with Gasteiger partial charge in [-0.3, -0.25) is 11.3 Å². The largest absolute Gasteiger partial charge is 0.271 e. The predicted molar refractivity (Wildman–Crippen MR) is 90.3 cm³/mol. The van der Waals surface area contributed by atoms with Crippen LogP contribution in [0.3, 0.4) is 0 Å². The van der Waals surface area contributed by atoms with Crippen molar-refractivity contribution in [3.63, 3.8) is 0 Å². The Morgan fingerprint density at radius 2 is 1.86 bits per heavy atom. The number of aryl methyl sites for hydroxylation is 1. The molecule has 1 aromatic carbocycles. The highest BCUT2D eigenvalue weighted by Crippen LogP contribution is 2.48. The number of nitrogens with two attached hydrogens (primary N) is 1. The SMILES string of the molecule is Cc1cc(C(NN)C2(c3ccccc3)CCCCC2)cs1. The molecule has 0 bridgehead atoms. The van der Waals surface area contributed by atoms with E-state index < -0.39 is 0 Å². The van der Waals surface area contributed by atoms with E-state index in [1.807, 2.05) is 11.3 Å². The summed E-state index contributed by atoms with van der Waals surface area (Å²) in [6.07, 6.45) is 6.34. The van der Waals surface area contributed by atoms with Gasteiger partial charge in [-0.2, -0.15) is 0 Å². The molecule has 0 saturated heterocycles. The van der Waals surface area contributed by atoms with Crippen molar-refractivity contribution in [2.45, 2.75) is 50.5 Å². The Bertz CT molecular complexity index is 570. The van der Waals surface area contributed by atoms with Gasteiger partial charge < -0.3 is 0 Å². The highest BCUT2D eigenvalue weighted by atomic mass is 32.1. The van der Waals surface area contributed by atoms with Gasteiger partial charge in [0.25, 0.3) is 0 Å². The minimum atomic E-state index is 0.127. The molecule has 1 atom stereocenters. The van der Waals surface area contributed by atoms with E-state index in [0.717, 1.165) is 0 Å². The Balaban J connectivity index is 2.05. The van der Waals surface area contributed by atoms with Crippen LogP contribution in [0.15, 0.2) is 41.8 Å². The normalized spacial score (nSPS) is 19.3. The van der Waals surface area contributed by atoms with Gasteiger partial charge in [-0.25, -0.2) is 0 Å². The molecule has 2 nitrogen and oxygen atoms in total. The van der Waals surface area contributed by atoms with E-state index >= 15 is 0 Å². The molecule has 21 heavy (non-hydrogen) atoms. The lowest BCUT2D eigenvalue weighted by atomic mass is 9.63. The monoisotopic (exact) mass is 300 g/mol. The van der Waals surface area contributed by atoms with E-state index in [0.29, 0.717) is 0 Å². The Labute approximate surface area is 131 Å². The van der Waals surface area contributed by atoms with E-state index in [-0.39, 0.29) is 11.5 Å². The zero-order valence-electron chi connectivity index (χ0n) is 12.6. The summed E-state index contributed by atoms with van der Waals surface area (Å²) < 4.78 is 0. The van der Waals surface area contributed by atoms with E-state index in [2.05, 4.69) is 54.1 Å². The van der Waals surface area contributed by atoms with Crippen molar-refractivity contribution in [2.75, 3.05) is 0 Å². The van der Waals surface area contributed by atoms with Crippen LogP contribution in [0.2, 0.25) is 0 Å². The number of thiophene rings is 1. The highest BCUT2D eigenvalue weighted by Gasteiger charge is 2.41. The fourth-order valence-electron chi connectivity index (χ4n) is 3.89. The minimum absolute atomic E-state index is 0.127. The van der Waals surface area contributed by atoms with Gasteiger partial charge in [-0.15, -0.1) is 11.3 Å². The lowest BCUT2D eigenvalue weighted by molar-refractivity contribution is 0.215. The average molecular weight is 300 g/mol. The second-order valence-electron chi connectivity index (χ2n) is 6.17. The Morgan fingerprint density at radius 1 is 1.14 bits per heavy atom. The minimum Gasteiger partial charge on any atom is -0.271 e. The molecule has 1 aromatic heterocycles. The number of hydrazine groups is 1. The molecule has 1 unspecified atom stereocenters. The third-order valence-corrected chi connectivity index (χ3v) is 5.78. The first kappa shape index (κ1) is 14.8.